The number of rotatable bonds is 5. The monoisotopic (exact) mass is 209 g/mol. The minimum atomic E-state index is -0.290. The van der Waals surface area contributed by atoms with Crippen LogP contribution in [0.25, 0.3) is 0 Å². The van der Waals surface area contributed by atoms with Gasteiger partial charge in [-0.15, -0.1) is 0 Å². The van der Waals surface area contributed by atoms with Crippen molar-refractivity contribution in [3.8, 4) is 0 Å². The lowest BCUT2D eigenvalue weighted by Gasteiger charge is -2.26. The molecule has 1 rings (SSSR count). The normalized spacial score (nSPS) is 16.9. The molecule has 5 nitrogen and oxygen atoms in total. The van der Waals surface area contributed by atoms with E-state index < -0.39 is 0 Å². The van der Waals surface area contributed by atoms with Crippen molar-refractivity contribution in [3.63, 3.8) is 0 Å². The molecule has 1 heterocycles. The summed E-state index contributed by atoms with van der Waals surface area (Å²) in [5.41, 5.74) is 0. The predicted molar refractivity (Wildman–Crippen MR) is 56.9 cm³/mol. The molecule has 0 atom stereocenters. The summed E-state index contributed by atoms with van der Waals surface area (Å²) in [6.45, 7) is 1.17. The highest BCUT2D eigenvalue weighted by molar-refractivity contribution is 5.96. The van der Waals surface area contributed by atoms with E-state index in [1.54, 1.807) is 11.0 Å². The van der Waals surface area contributed by atoms with Crippen molar-refractivity contribution in [1.82, 2.24) is 10.2 Å². The fourth-order valence-electron chi connectivity index (χ4n) is 1.38. The molecule has 0 spiro atoms. The number of hydrogen-bond acceptors (Lipinski definition) is 3. The summed E-state index contributed by atoms with van der Waals surface area (Å²) in [5.74, 6) is -0.194. The van der Waals surface area contributed by atoms with Gasteiger partial charge in [0.1, 0.15) is 0 Å². The molecule has 1 fully saturated rings. The van der Waals surface area contributed by atoms with E-state index in [1.165, 1.54) is 6.21 Å². The molecule has 0 aromatic rings. The van der Waals surface area contributed by atoms with Gasteiger partial charge in [0.2, 0.25) is 5.91 Å². The number of carbonyl (C=O) groups excluding carboxylic acids is 2. The zero-order valence-corrected chi connectivity index (χ0v) is 8.53. The van der Waals surface area contributed by atoms with Crippen molar-refractivity contribution in [2.75, 3.05) is 13.1 Å². The number of nitrogens with one attached hydrogen (secondary N) is 2. The molecule has 82 valence electrons. The van der Waals surface area contributed by atoms with E-state index in [2.05, 4.69) is 5.32 Å². The molecular formula is C10H15N3O2. The third-order valence-corrected chi connectivity index (χ3v) is 2.17. The Balaban J connectivity index is 2.21. The zero-order chi connectivity index (χ0) is 11.1. The maximum Gasteiger partial charge on any atom is 0.324 e. The van der Waals surface area contributed by atoms with Crippen LogP contribution in [0.15, 0.2) is 12.2 Å². The molecule has 5 heteroatoms. The van der Waals surface area contributed by atoms with E-state index in [0.29, 0.717) is 19.5 Å². The molecule has 0 unspecified atom stereocenters. The van der Waals surface area contributed by atoms with E-state index >= 15 is 0 Å². The van der Waals surface area contributed by atoms with Gasteiger partial charge >= 0.3 is 6.03 Å². The third-order valence-electron chi connectivity index (χ3n) is 2.17. The van der Waals surface area contributed by atoms with Crippen LogP contribution in [0, 0.1) is 5.41 Å². The van der Waals surface area contributed by atoms with Gasteiger partial charge in [0.25, 0.3) is 0 Å². The number of imide groups is 1. The van der Waals surface area contributed by atoms with Gasteiger partial charge in [0.15, 0.2) is 0 Å². The largest absolute Gasteiger partial charge is 0.324 e. The average Bonchev–Trinajstić information content (AvgIpc) is 2.20. The standard InChI is InChI=1S/C10H15N3O2/c11-6-3-1-2-4-7-13-8-5-9(14)12-10(13)15/h1,3,6,11H,2,4-5,7-8H2,(H,12,14,15)/b3-1+,11-6?. The fourth-order valence-corrected chi connectivity index (χ4v) is 1.38. The number of nitrogens with zero attached hydrogens (tertiary/aromatic N) is 1. The SMILES string of the molecule is N=C/C=C/CCCN1CCC(=O)NC1=O. The summed E-state index contributed by atoms with van der Waals surface area (Å²) in [5, 5.41) is 9.04. The number of carbonyl (C=O) groups is 2. The van der Waals surface area contributed by atoms with Crippen molar-refractivity contribution in [1.29, 1.82) is 5.41 Å². The van der Waals surface area contributed by atoms with Crippen LogP contribution in [0.4, 0.5) is 4.79 Å². The highest BCUT2D eigenvalue weighted by Gasteiger charge is 2.21. The number of unbranched alkanes of at least 4 members (excludes halogenated alkanes) is 1. The fraction of sp³-hybridized carbons (Fsp3) is 0.500. The first-order chi connectivity index (χ1) is 7.24. The summed E-state index contributed by atoms with van der Waals surface area (Å²) < 4.78 is 0. The quantitative estimate of drug-likeness (QED) is 0.522. The summed E-state index contributed by atoms with van der Waals surface area (Å²) >= 11 is 0. The van der Waals surface area contributed by atoms with Gasteiger partial charge in [0.05, 0.1) is 0 Å². The van der Waals surface area contributed by atoms with Gasteiger partial charge in [-0.1, -0.05) is 6.08 Å². The van der Waals surface area contributed by atoms with Crippen LogP contribution in [-0.2, 0) is 4.79 Å². The van der Waals surface area contributed by atoms with E-state index in [1.807, 2.05) is 6.08 Å². The number of allylic oxidation sites excluding steroid dienone is 2. The summed E-state index contributed by atoms with van der Waals surface area (Å²) in [7, 11) is 0. The number of amides is 3. The van der Waals surface area contributed by atoms with Crippen molar-refractivity contribution < 1.29 is 9.59 Å². The molecular weight excluding hydrogens is 194 g/mol. The molecule has 3 amide bonds. The Bertz CT molecular complexity index is 286. The van der Waals surface area contributed by atoms with Crippen molar-refractivity contribution in [2.24, 2.45) is 0 Å². The lowest BCUT2D eigenvalue weighted by Crippen LogP contribution is -2.49. The maximum atomic E-state index is 11.3. The topological polar surface area (TPSA) is 73.3 Å². The van der Waals surface area contributed by atoms with Gasteiger partial charge in [-0.25, -0.2) is 4.79 Å². The molecule has 15 heavy (non-hydrogen) atoms. The lowest BCUT2D eigenvalue weighted by atomic mass is 10.2. The Morgan fingerprint density at radius 2 is 2.27 bits per heavy atom. The first-order valence-corrected chi connectivity index (χ1v) is 4.98. The molecule has 2 N–H and O–H groups in total. The minimum absolute atomic E-state index is 0.194. The zero-order valence-electron chi connectivity index (χ0n) is 8.53. The van der Waals surface area contributed by atoms with Crippen molar-refractivity contribution in [2.45, 2.75) is 19.3 Å². The van der Waals surface area contributed by atoms with Crippen LogP contribution in [0.1, 0.15) is 19.3 Å². The van der Waals surface area contributed by atoms with Crippen LogP contribution < -0.4 is 5.32 Å². The first kappa shape index (κ1) is 11.4. The Kier molecular flexibility index (Phi) is 4.53. The van der Waals surface area contributed by atoms with E-state index in [0.717, 1.165) is 12.8 Å². The minimum Gasteiger partial charge on any atom is -0.324 e. The summed E-state index contributed by atoms with van der Waals surface area (Å²) in [6.07, 6.45) is 6.87. The van der Waals surface area contributed by atoms with Crippen LogP contribution in [0.2, 0.25) is 0 Å². The lowest BCUT2D eigenvalue weighted by molar-refractivity contribution is -0.121. The highest BCUT2D eigenvalue weighted by atomic mass is 16.2. The number of urea groups is 1. The Hall–Kier alpha value is -1.65. The Morgan fingerprint density at radius 3 is 2.93 bits per heavy atom. The van der Waals surface area contributed by atoms with Crippen molar-refractivity contribution >= 4 is 18.2 Å². The predicted octanol–water partition coefficient (Wildman–Crippen LogP) is 0.914. The van der Waals surface area contributed by atoms with Gasteiger partial charge < -0.3 is 10.3 Å². The van der Waals surface area contributed by atoms with E-state index in [4.69, 9.17) is 5.41 Å². The highest BCUT2D eigenvalue weighted by Crippen LogP contribution is 2.03. The van der Waals surface area contributed by atoms with Gasteiger partial charge in [0, 0.05) is 25.7 Å². The van der Waals surface area contributed by atoms with Gasteiger partial charge in [-0.2, -0.15) is 0 Å². The van der Waals surface area contributed by atoms with Crippen LogP contribution in [0.3, 0.4) is 0 Å². The molecule has 0 saturated carbocycles. The van der Waals surface area contributed by atoms with Crippen molar-refractivity contribution in [3.05, 3.63) is 12.2 Å². The smallest absolute Gasteiger partial charge is 0.324 e. The van der Waals surface area contributed by atoms with Crippen LogP contribution >= 0.6 is 0 Å². The molecule has 1 aliphatic rings. The Labute approximate surface area is 88.6 Å². The molecule has 0 aromatic carbocycles. The van der Waals surface area contributed by atoms with Crippen LogP contribution in [-0.4, -0.2) is 36.1 Å². The summed E-state index contributed by atoms with van der Waals surface area (Å²) in [4.78, 5) is 23.7. The summed E-state index contributed by atoms with van der Waals surface area (Å²) in [6, 6.07) is -0.290. The molecule has 1 saturated heterocycles. The first-order valence-electron chi connectivity index (χ1n) is 4.98. The molecule has 1 aliphatic heterocycles. The molecule has 0 aliphatic carbocycles. The Morgan fingerprint density at radius 1 is 1.47 bits per heavy atom. The average molecular weight is 209 g/mol. The van der Waals surface area contributed by atoms with E-state index in [9.17, 15) is 9.59 Å². The molecule has 0 radical (unpaired) electrons. The maximum absolute atomic E-state index is 11.3. The van der Waals surface area contributed by atoms with Gasteiger partial charge in [-0.3, -0.25) is 10.1 Å². The van der Waals surface area contributed by atoms with Gasteiger partial charge in [-0.05, 0) is 18.9 Å². The second-order valence-corrected chi connectivity index (χ2v) is 3.33. The third kappa shape index (κ3) is 3.93. The van der Waals surface area contributed by atoms with E-state index in [-0.39, 0.29) is 11.9 Å². The molecule has 0 aromatic heterocycles. The van der Waals surface area contributed by atoms with Crippen LogP contribution in [0.5, 0.6) is 0 Å². The molecule has 0 bridgehead atoms. The second kappa shape index (κ2) is 5.95. The number of hydrogen-bond donors (Lipinski definition) is 2. The second-order valence-electron chi connectivity index (χ2n) is 3.33.